The molecule has 0 spiro atoms. The Balaban J connectivity index is 2.25. The quantitative estimate of drug-likeness (QED) is 0.559. The Morgan fingerprint density at radius 1 is 1.23 bits per heavy atom. The van der Waals surface area contributed by atoms with Crippen molar-refractivity contribution in [3.8, 4) is 0 Å². The van der Waals surface area contributed by atoms with Gasteiger partial charge in [0.05, 0.1) is 0 Å². The highest BCUT2D eigenvalue weighted by Crippen LogP contribution is 2.14. The van der Waals surface area contributed by atoms with E-state index in [0.717, 1.165) is 23.6 Å². The fourth-order valence-electron chi connectivity index (χ4n) is 0.970. The molecule has 13 heavy (non-hydrogen) atoms. The molecule has 3 N–H and O–H groups in total. The SMILES string of the molecule is Nc1ccc(CSCCCO)cc1. The molecule has 1 aromatic rings. The molecule has 72 valence electrons. The molecule has 0 atom stereocenters. The van der Waals surface area contributed by atoms with Crippen LogP contribution in [0, 0.1) is 0 Å². The van der Waals surface area contributed by atoms with Crippen molar-refractivity contribution in [3.05, 3.63) is 29.8 Å². The van der Waals surface area contributed by atoms with Crippen LogP contribution in [0.15, 0.2) is 24.3 Å². The van der Waals surface area contributed by atoms with Gasteiger partial charge in [0.15, 0.2) is 0 Å². The van der Waals surface area contributed by atoms with Crippen LogP contribution in [0.4, 0.5) is 5.69 Å². The molecule has 0 amide bonds. The zero-order chi connectivity index (χ0) is 9.52. The fourth-order valence-corrected chi connectivity index (χ4v) is 1.88. The second-order valence-electron chi connectivity index (χ2n) is 2.87. The molecule has 0 heterocycles. The first-order valence-electron chi connectivity index (χ1n) is 4.36. The van der Waals surface area contributed by atoms with E-state index in [1.54, 1.807) is 0 Å². The van der Waals surface area contributed by atoms with Crippen molar-refractivity contribution in [2.24, 2.45) is 0 Å². The molecule has 0 aromatic heterocycles. The number of hydrogen-bond donors (Lipinski definition) is 2. The monoisotopic (exact) mass is 197 g/mol. The second kappa shape index (κ2) is 5.89. The van der Waals surface area contributed by atoms with E-state index in [4.69, 9.17) is 10.8 Å². The summed E-state index contributed by atoms with van der Waals surface area (Å²) in [5, 5.41) is 8.57. The zero-order valence-electron chi connectivity index (χ0n) is 7.57. The summed E-state index contributed by atoms with van der Waals surface area (Å²) < 4.78 is 0. The molecule has 0 unspecified atom stereocenters. The van der Waals surface area contributed by atoms with Crippen LogP contribution in [-0.2, 0) is 5.75 Å². The summed E-state index contributed by atoms with van der Waals surface area (Å²) in [7, 11) is 0. The average molecular weight is 197 g/mol. The van der Waals surface area contributed by atoms with Crippen LogP contribution in [0.3, 0.4) is 0 Å². The number of nitrogen functional groups attached to an aromatic ring is 1. The van der Waals surface area contributed by atoms with Crippen molar-refractivity contribution in [3.63, 3.8) is 0 Å². The van der Waals surface area contributed by atoms with Gasteiger partial charge >= 0.3 is 0 Å². The molecule has 3 heteroatoms. The third kappa shape index (κ3) is 4.20. The number of thioether (sulfide) groups is 1. The number of hydrogen-bond acceptors (Lipinski definition) is 3. The molecule has 2 nitrogen and oxygen atoms in total. The van der Waals surface area contributed by atoms with Gasteiger partial charge in [-0.1, -0.05) is 12.1 Å². The van der Waals surface area contributed by atoms with Crippen LogP contribution in [-0.4, -0.2) is 17.5 Å². The molecule has 0 saturated heterocycles. The third-order valence-corrected chi connectivity index (χ3v) is 2.81. The Bertz CT molecular complexity index is 235. The van der Waals surface area contributed by atoms with Gasteiger partial charge in [-0.3, -0.25) is 0 Å². The maximum atomic E-state index is 8.57. The summed E-state index contributed by atoms with van der Waals surface area (Å²) in [5.74, 6) is 2.02. The van der Waals surface area contributed by atoms with Gasteiger partial charge in [0.2, 0.25) is 0 Å². The lowest BCUT2D eigenvalue weighted by Gasteiger charge is -2.01. The van der Waals surface area contributed by atoms with Crippen LogP contribution < -0.4 is 5.73 Å². The fraction of sp³-hybridized carbons (Fsp3) is 0.400. The molecular weight excluding hydrogens is 182 g/mol. The molecule has 0 fully saturated rings. The molecule has 0 aliphatic carbocycles. The molecule has 0 aliphatic rings. The standard InChI is InChI=1S/C10H15NOS/c11-10-4-2-9(3-5-10)8-13-7-1-6-12/h2-5,12H,1,6-8,11H2. The van der Waals surface area contributed by atoms with E-state index in [1.807, 2.05) is 36.0 Å². The van der Waals surface area contributed by atoms with E-state index in [2.05, 4.69) is 0 Å². The lowest BCUT2D eigenvalue weighted by atomic mass is 10.2. The van der Waals surface area contributed by atoms with Crippen LogP contribution in [0.25, 0.3) is 0 Å². The predicted octanol–water partition coefficient (Wildman–Crippen LogP) is 1.88. The first-order chi connectivity index (χ1) is 6.33. The molecule has 0 bridgehead atoms. The molecule has 1 aromatic carbocycles. The van der Waals surface area contributed by atoms with Crippen molar-refractivity contribution in [2.45, 2.75) is 12.2 Å². The highest BCUT2D eigenvalue weighted by Gasteiger charge is 1.92. The first kappa shape index (κ1) is 10.4. The van der Waals surface area contributed by atoms with Crippen LogP contribution in [0.2, 0.25) is 0 Å². The lowest BCUT2D eigenvalue weighted by molar-refractivity contribution is 0.296. The van der Waals surface area contributed by atoms with E-state index >= 15 is 0 Å². The summed E-state index contributed by atoms with van der Waals surface area (Å²) in [5.41, 5.74) is 7.66. The van der Waals surface area contributed by atoms with Crippen LogP contribution >= 0.6 is 11.8 Å². The van der Waals surface area contributed by atoms with Gasteiger partial charge in [-0.05, 0) is 29.9 Å². The number of anilines is 1. The number of benzene rings is 1. The van der Waals surface area contributed by atoms with Crippen molar-refractivity contribution in [1.29, 1.82) is 0 Å². The topological polar surface area (TPSA) is 46.2 Å². The van der Waals surface area contributed by atoms with Gasteiger partial charge in [-0.2, -0.15) is 11.8 Å². The third-order valence-electron chi connectivity index (χ3n) is 1.70. The Morgan fingerprint density at radius 3 is 2.54 bits per heavy atom. The summed E-state index contributed by atoms with van der Waals surface area (Å²) in [4.78, 5) is 0. The van der Waals surface area contributed by atoms with Crippen LogP contribution in [0.5, 0.6) is 0 Å². The Morgan fingerprint density at radius 2 is 1.92 bits per heavy atom. The summed E-state index contributed by atoms with van der Waals surface area (Å²) in [6.45, 7) is 0.286. The van der Waals surface area contributed by atoms with Gasteiger partial charge in [0.1, 0.15) is 0 Å². The smallest absolute Gasteiger partial charge is 0.0438 e. The number of aliphatic hydroxyl groups is 1. The van der Waals surface area contributed by atoms with Gasteiger partial charge in [-0.15, -0.1) is 0 Å². The van der Waals surface area contributed by atoms with Crippen molar-refractivity contribution in [2.75, 3.05) is 18.1 Å². The zero-order valence-corrected chi connectivity index (χ0v) is 8.39. The largest absolute Gasteiger partial charge is 0.399 e. The van der Waals surface area contributed by atoms with Gasteiger partial charge in [-0.25, -0.2) is 0 Å². The first-order valence-corrected chi connectivity index (χ1v) is 5.51. The molecule has 1 rings (SSSR count). The minimum Gasteiger partial charge on any atom is -0.399 e. The lowest BCUT2D eigenvalue weighted by Crippen LogP contribution is -1.88. The maximum absolute atomic E-state index is 8.57. The minimum absolute atomic E-state index is 0.286. The van der Waals surface area contributed by atoms with Crippen molar-refractivity contribution < 1.29 is 5.11 Å². The second-order valence-corrected chi connectivity index (χ2v) is 3.98. The minimum atomic E-state index is 0.286. The Labute approximate surface area is 83.1 Å². The molecular formula is C10H15NOS. The maximum Gasteiger partial charge on any atom is 0.0438 e. The summed E-state index contributed by atoms with van der Waals surface area (Å²) in [6, 6.07) is 7.92. The Kier molecular flexibility index (Phi) is 4.72. The van der Waals surface area contributed by atoms with Crippen LogP contribution in [0.1, 0.15) is 12.0 Å². The summed E-state index contributed by atoms with van der Waals surface area (Å²) in [6.07, 6.45) is 0.875. The van der Waals surface area contributed by atoms with Crippen molar-refractivity contribution >= 4 is 17.4 Å². The normalized spacial score (nSPS) is 10.2. The van der Waals surface area contributed by atoms with Gasteiger partial charge in [0.25, 0.3) is 0 Å². The highest BCUT2D eigenvalue weighted by molar-refractivity contribution is 7.98. The number of rotatable bonds is 5. The van der Waals surface area contributed by atoms with Gasteiger partial charge in [0, 0.05) is 18.0 Å². The number of aliphatic hydroxyl groups excluding tert-OH is 1. The predicted molar refractivity (Wildman–Crippen MR) is 58.7 cm³/mol. The molecule has 0 aliphatic heterocycles. The Hall–Kier alpha value is -0.670. The molecule has 0 radical (unpaired) electrons. The number of nitrogens with two attached hydrogens (primary N) is 1. The van der Waals surface area contributed by atoms with Crippen molar-refractivity contribution in [1.82, 2.24) is 0 Å². The average Bonchev–Trinajstić information content (AvgIpc) is 2.15. The van der Waals surface area contributed by atoms with Gasteiger partial charge < -0.3 is 10.8 Å². The van der Waals surface area contributed by atoms with E-state index < -0.39 is 0 Å². The van der Waals surface area contributed by atoms with E-state index in [9.17, 15) is 0 Å². The van der Waals surface area contributed by atoms with E-state index in [0.29, 0.717) is 0 Å². The van der Waals surface area contributed by atoms with E-state index in [-0.39, 0.29) is 6.61 Å². The molecule has 0 saturated carbocycles. The van der Waals surface area contributed by atoms with E-state index in [1.165, 1.54) is 5.56 Å². The summed E-state index contributed by atoms with van der Waals surface area (Å²) >= 11 is 1.84. The highest BCUT2D eigenvalue weighted by atomic mass is 32.2.